The number of nitrogens with zero attached hydrogens (tertiary/aromatic N) is 1. The number of hydrogen-bond acceptors (Lipinski definition) is 4. The van der Waals surface area contributed by atoms with Crippen molar-refractivity contribution in [2.24, 2.45) is 0 Å². The number of aromatic nitrogens is 1. The molecule has 0 aliphatic heterocycles. The lowest BCUT2D eigenvalue weighted by atomic mass is 10.1. The summed E-state index contributed by atoms with van der Waals surface area (Å²) in [6, 6.07) is 12.3. The lowest BCUT2D eigenvalue weighted by Gasteiger charge is -1.99. The number of halogens is 1. The predicted octanol–water partition coefficient (Wildman–Crippen LogP) is 4.76. The molecule has 0 radical (unpaired) electrons. The molecule has 2 heterocycles. The van der Waals surface area contributed by atoms with Crippen molar-refractivity contribution in [1.82, 2.24) is 10.3 Å². The van der Waals surface area contributed by atoms with Crippen molar-refractivity contribution in [2.45, 2.75) is 20.0 Å². The number of nitrogens with one attached hydrogen (secondary N) is 1. The zero-order chi connectivity index (χ0) is 14.7. The van der Waals surface area contributed by atoms with E-state index in [9.17, 15) is 0 Å². The summed E-state index contributed by atoms with van der Waals surface area (Å²) < 4.78 is 6.34. The first kappa shape index (κ1) is 14.5. The van der Waals surface area contributed by atoms with E-state index in [1.165, 1.54) is 10.4 Å². The van der Waals surface area contributed by atoms with E-state index in [2.05, 4.69) is 40.3 Å². The fourth-order valence-electron chi connectivity index (χ4n) is 2.13. The highest BCUT2D eigenvalue weighted by atomic mass is 79.9. The molecule has 108 valence electrons. The molecular weight excluding hydrogens is 348 g/mol. The lowest BCUT2D eigenvalue weighted by Crippen LogP contribution is -2.11. The molecule has 3 rings (SSSR count). The van der Waals surface area contributed by atoms with Crippen molar-refractivity contribution in [3.63, 3.8) is 0 Å². The summed E-state index contributed by atoms with van der Waals surface area (Å²) in [6.45, 7) is 3.56. The summed E-state index contributed by atoms with van der Waals surface area (Å²) in [5, 5.41) is 4.45. The SMILES string of the molecule is Cc1sc(CNCc2cc(Br)co2)nc1-c1ccccc1. The van der Waals surface area contributed by atoms with Gasteiger partial charge in [0.2, 0.25) is 0 Å². The number of benzene rings is 1. The van der Waals surface area contributed by atoms with Gasteiger partial charge in [-0.2, -0.15) is 0 Å². The van der Waals surface area contributed by atoms with Crippen molar-refractivity contribution in [1.29, 1.82) is 0 Å². The van der Waals surface area contributed by atoms with Crippen LogP contribution in [0, 0.1) is 6.92 Å². The van der Waals surface area contributed by atoms with E-state index in [-0.39, 0.29) is 0 Å². The van der Waals surface area contributed by atoms with Crippen LogP contribution < -0.4 is 5.32 Å². The van der Waals surface area contributed by atoms with Crippen LogP contribution in [0.5, 0.6) is 0 Å². The summed E-state index contributed by atoms with van der Waals surface area (Å²) in [6.07, 6.45) is 1.69. The molecule has 1 aromatic carbocycles. The van der Waals surface area contributed by atoms with Crippen LogP contribution in [-0.2, 0) is 13.1 Å². The van der Waals surface area contributed by atoms with Crippen LogP contribution in [0.25, 0.3) is 11.3 Å². The molecule has 0 aliphatic carbocycles. The van der Waals surface area contributed by atoms with Gasteiger partial charge in [-0.1, -0.05) is 30.3 Å². The summed E-state index contributed by atoms with van der Waals surface area (Å²) in [5.41, 5.74) is 2.26. The molecule has 0 amide bonds. The molecule has 0 fully saturated rings. The molecule has 0 saturated carbocycles. The summed E-state index contributed by atoms with van der Waals surface area (Å²) in [7, 11) is 0. The van der Waals surface area contributed by atoms with Crippen LogP contribution in [-0.4, -0.2) is 4.98 Å². The lowest BCUT2D eigenvalue weighted by molar-refractivity contribution is 0.482. The van der Waals surface area contributed by atoms with Gasteiger partial charge in [0, 0.05) is 17.0 Å². The molecule has 0 aliphatic rings. The van der Waals surface area contributed by atoms with Crippen LogP contribution in [0.2, 0.25) is 0 Å². The molecule has 21 heavy (non-hydrogen) atoms. The predicted molar refractivity (Wildman–Crippen MR) is 89.2 cm³/mol. The molecule has 0 atom stereocenters. The Bertz CT molecular complexity index is 721. The van der Waals surface area contributed by atoms with Gasteiger partial charge in [-0.15, -0.1) is 11.3 Å². The fraction of sp³-hybridized carbons (Fsp3) is 0.188. The van der Waals surface area contributed by atoms with Gasteiger partial charge in [0.1, 0.15) is 17.0 Å². The van der Waals surface area contributed by atoms with Gasteiger partial charge in [-0.3, -0.25) is 0 Å². The van der Waals surface area contributed by atoms with Crippen molar-refractivity contribution in [3.05, 3.63) is 62.8 Å². The maximum Gasteiger partial charge on any atom is 0.118 e. The molecule has 3 nitrogen and oxygen atoms in total. The second-order valence-corrected chi connectivity index (χ2v) is 6.92. The van der Waals surface area contributed by atoms with E-state index in [0.717, 1.165) is 27.5 Å². The average Bonchev–Trinajstić information content (AvgIpc) is 3.06. The Hall–Kier alpha value is -1.43. The van der Waals surface area contributed by atoms with E-state index in [0.29, 0.717) is 6.54 Å². The zero-order valence-corrected chi connectivity index (χ0v) is 14.0. The van der Waals surface area contributed by atoms with Crippen molar-refractivity contribution >= 4 is 27.3 Å². The molecule has 0 saturated heterocycles. The highest BCUT2D eigenvalue weighted by Crippen LogP contribution is 2.27. The van der Waals surface area contributed by atoms with Crippen molar-refractivity contribution in [3.8, 4) is 11.3 Å². The number of aryl methyl sites for hydroxylation is 1. The number of thiazole rings is 1. The van der Waals surface area contributed by atoms with E-state index < -0.39 is 0 Å². The summed E-state index contributed by atoms with van der Waals surface area (Å²) in [5.74, 6) is 0.915. The molecule has 1 N–H and O–H groups in total. The van der Waals surface area contributed by atoms with E-state index in [4.69, 9.17) is 9.40 Å². The first-order valence-corrected chi connectivity index (χ1v) is 8.28. The molecule has 5 heteroatoms. The monoisotopic (exact) mass is 362 g/mol. The molecule has 2 aromatic heterocycles. The van der Waals surface area contributed by atoms with E-state index >= 15 is 0 Å². The summed E-state index contributed by atoms with van der Waals surface area (Å²) in [4.78, 5) is 5.98. The first-order chi connectivity index (χ1) is 10.2. The zero-order valence-electron chi connectivity index (χ0n) is 11.6. The minimum atomic E-state index is 0.699. The highest BCUT2D eigenvalue weighted by molar-refractivity contribution is 9.10. The van der Waals surface area contributed by atoms with Crippen LogP contribution in [0.3, 0.4) is 0 Å². The van der Waals surface area contributed by atoms with Crippen LogP contribution in [0.15, 0.2) is 51.6 Å². The Kier molecular flexibility index (Phi) is 4.53. The van der Waals surface area contributed by atoms with Gasteiger partial charge < -0.3 is 9.73 Å². The normalized spacial score (nSPS) is 11.0. The third-order valence-corrected chi connectivity index (χ3v) is 4.47. The average molecular weight is 363 g/mol. The highest BCUT2D eigenvalue weighted by Gasteiger charge is 2.09. The fourth-order valence-corrected chi connectivity index (χ4v) is 3.40. The Labute approximate surface area is 136 Å². The minimum Gasteiger partial charge on any atom is -0.467 e. The molecule has 0 bridgehead atoms. The molecule has 0 spiro atoms. The number of rotatable bonds is 5. The van der Waals surface area contributed by atoms with Crippen LogP contribution in [0.4, 0.5) is 0 Å². The van der Waals surface area contributed by atoms with Gasteiger partial charge in [0.25, 0.3) is 0 Å². The van der Waals surface area contributed by atoms with Crippen molar-refractivity contribution < 1.29 is 4.42 Å². The smallest absolute Gasteiger partial charge is 0.118 e. The van der Waals surface area contributed by atoms with E-state index in [1.807, 2.05) is 24.3 Å². The third-order valence-electron chi connectivity index (χ3n) is 3.09. The first-order valence-electron chi connectivity index (χ1n) is 6.68. The Morgan fingerprint density at radius 3 is 2.76 bits per heavy atom. The van der Waals surface area contributed by atoms with Gasteiger partial charge >= 0.3 is 0 Å². The van der Waals surface area contributed by atoms with Gasteiger partial charge in [-0.05, 0) is 28.9 Å². The molecule has 3 aromatic rings. The maximum atomic E-state index is 5.37. The van der Waals surface area contributed by atoms with Gasteiger partial charge in [0.05, 0.1) is 16.7 Å². The Morgan fingerprint density at radius 2 is 2.05 bits per heavy atom. The maximum absolute atomic E-state index is 5.37. The van der Waals surface area contributed by atoms with Crippen molar-refractivity contribution in [2.75, 3.05) is 0 Å². The summed E-state index contributed by atoms with van der Waals surface area (Å²) >= 11 is 5.11. The van der Waals surface area contributed by atoms with Gasteiger partial charge in [0.15, 0.2) is 0 Å². The van der Waals surface area contributed by atoms with Gasteiger partial charge in [-0.25, -0.2) is 4.98 Å². The molecular formula is C16H15BrN2OS. The van der Waals surface area contributed by atoms with Crippen LogP contribution in [0.1, 0.15) is 15.6 Å². The Balaban J connectivity index is 1.64. The van der Waals surface area contributed by atoms with E-state index in [1.54, 1.807) is 17.6 Å². The number of hydrogen-bond donors (Lipinski definition) is 1. The van der Waals surface area contributed by atoms with Crippen LogP contribution >= 0.6 is 27.3 Å². The second kappa shape index (κ2) is 6.56. The minimum absolute atomic E-state index is 0.699. The second-order valence-electron chi connectivity index (χ2n) is 4.71. The largest absolute Gasteiger partial charge is 0.467 e. The quantitative estimate of drug-likeness (QED) is 0.710. The number of furan rings is 1. The molecule has 0 unspecified atom stereocenters. The topological polar surface area (TPSA) is 38.1 Å². The third kappa shape index (κ3) is 3.61. The standard InChI is InChI=1S/C16H15BrN2OS/c1-11-16(12-5-3-2-4-6-12)19-15(21-11)9-18-8-14-7-13(17)10-20-14/h2-7,10,18H,8-9H2,1H3. The Morgan fingerprint density at radius 1 is 1.24 bits per heavy atom.